The molecule has 0 aliphatic heterocycles. The van der Waals surface area contributed by atoms with Gasteiger partial charge in [-0.1, -0.05) is 6.07 Å². The van der Waals surface area contributed by atoms with Crippen molar-refractivity contribution < 1.29 is 0 Å². The van der Waals surface area contributed by atoms with Crippen LogP contribution in [0.4, 0.5) is 0 Å². The molecule has 0 fully saturated rings. The molecule has 0 atom stereocenters. The van der Waals surface area contributed by atoms with Gasteiger partial charge in [0.1, 0.15) is 5.66 Å². The fraction of sp³-hybridized carbons (Fsp3) is 0.333. The fourth-order valence-corrected chi connectivity index (χ4v) is 0.685. The molecule has 1 aromatic rings. The van der Waals surface area contributed by atoms with Crippen LogP contribution in [0.1, 0.15) is 19.5 Å². The molecule has 12 heavy (non-hydrogen) atoms. The standard InChI is InChI=1S/C9H13N3/c1-9(2,10)12-7-8-5-3-4-6-11-8/h3-7H,10H2,1-2H3/b12-7+. The molecule has 0 radical (unpaired) electrons. The van der Waals surface area contributed by atoms with Crippen molar-refractivity contribution in [3.63, 3.8) is 0 Å². The van der Waals surface area contributed by atoms with Crippen molar-refractivity contribution in [3.05, 3.63) is 30.1 Å². The van der Waals surface area contributed by atoms with E-state index in [1.165, 1.54) is 0 Å². The molecular formula is C9H13N3. The van der Waals surface area contributed by atoms with Gasteiger partial charge in [0, 0.05) is 12.4 Å². The Hall–Kier alpha value is -1.22. The van der Waals surface area contributed by atoms with Gasteiger partial charge in [-0.2, -0.15) is 0 Å². The van der Waals surface area contributed by atoms with Crippen LogP contribution in [-0.2, 0) is 0 Å². The zero-order valence-electron chi connectivity index (χ0n) is 7.36. The zero-order valence-corrected chi connectivity index (χ0v) is 7.36. The second-order valence-electron chi connectivity index (χ2n) is 3.17. The Morgan fingerprint density at radius 1 is 1.50 bits per heavy atom. The number of nitrogens with two attached hydrogens (primary N) is 1. The minimum absolute atomic E-state index is 0.516. The smallest absolute Gasteiger partial charge is 0.102 e. The quantitative estimate of drug-likeness (QED) is 0.666. The number of pyridine rings is 1. The summed E-state index contributed by atoms with van der Waals surface area (Å²) in [5.74, 6) is 0. The SMILES string of the molecule is CC(C)(N)/N=C/c1ccccn1. The molecule has 3 heteroatoms. The fourth-order valence-electron chi connectivity index (χ4n) is 0.685. The number of hydrogen-bond acceptors (Lipinski definition) is 3. The Bertz CT molecular complexity index is 259. The lowest BCUT2D eigenvalue weighted by Crippen LogP contribution is -2.29. The van der Waals surface area contributed by atoms with E-state index in [-0.39, 0.29) is 0 Å². The third-order valence-electron chi connectivity index (χ3n) is 1.22. The number of rotatable bonds is 2. The molecule has 0 amide bonds. The molecule has 3 nitrogen and oxygen atoms in total. The molecule has 1 rings (SSSR count). The van der Waals surface area contributed by atoms with E-state index < -0.39 is 5.66 Å². The van der Waals surface area contributed by atoms with E-state index in [2.05, 4.69) is 9.98 Å². The molecule has 0 saturated carbocycles. The van der Waals surface area contributed by atoms with Gasteiger partial charge in [-0.15, -0.1) is 0 Å². The van der Waals surface area contributed by atoms with Gasteiger partial charge < -0.3 is 5.73 Å². The van der Waals surface area contributed by atoms with Crippen LogP contribution in [0.25, 0.3) is 0 Å². The summed E-state index contributed by atoms with van der Waals surface area (Å²) in [6.07, 6.45) is 3.41. The van der Waals surface area contributed by atoms with Gasteiger partial charge in [0.25, 0.3) is 0 Å². The molecule has 0 aromatic carbocycles. The molecule has 0 unspecified atom stereocenters. The van der Waals surface area contributed by atoms with E-state index >= 15 is 0 Å². The van der Waals surface area contributed by atoms with Crippen LogP contribution < -0.4 is 5.73 Å². The monoisotopic (exact) mass is 163 g/mol. The van der Waals surface area contributed by atoms with Crippen LogP contribution in [0.3, 0.4) is 0 Å². The number of nitrogens with zero attached hydrogens (tertiary/aromatic N) is 2. The first-order valence-corrected chi connectivity index (χ1v) is 3.83. The number of aliphatic imine (C=N–C) groups is 1. The molecule has 0 aliphatic carbocycles. The predicted molar refractivity (Wildman–Crippen MR) is 50.1 cm³/mol. The summed E-state index contributed by atoms with van der Waals surface area (Å²) in [5.41, 5.74) is 5.97. The number of aromatic nitrogens is 1. The molecule has 0 spiro atoms. The largest absolute Gasteiger partial charge is 0.308 e. The van der Waals surface area contributed by atoms with Crippen LogP contribution >= 0.6 is 0 Å². The van der Waals surface area contributed by atoms with Gasteiger partial charge in [0.2, 0.25) is 0 Å². The molecule has 0 bridgehead atoms. The van der Waals surface area contributed by atoms with Crippen molar-refractivity contribution in [2.24, 2.45) is 10.7 Å². The van der Waals surface area contributed by atoms with Crippen molar-refractivity contribution in [2.45, 2.75) is 19.5 Å². The predicted octanol–water partition coefficient (Wildman–Crippen LogP) is 1.20. The summed E-state index contributed by atoms with van der Waals surface area (Å²) in [7, 11) is 0. The van der Waals surface area contributed by atoms with Gasteiger partial charge in [0.05, 0.1) is 5.69 Å². The first kappa shape index (κ1) is 8.87. The van der Waals surface area contributed by atoms with E-state index in [0.717, 1.165) is 5.69 Å². The first-order valence-electron chi connectivity index (χ1n) is 3.83. The molecular weight excluding hydrogens is 150 g/mol. The van der Waals surface area contributed by atoms with E-state index in [9.17, 15) is 0 Å². The third-order valence-corrected chi connectivity index (χ3v) is 1.22. The number of hydrogen-bond donors (Lipinski definition) is 1. The molecule has 2 N–H and O–H groups in total. The lowest BCUT2D eigenvalue weighted by atomic mass is 10.3. The maximum Gasteiger partial charge on any atom is 0.102 e. The van der Waals surface area contributed by atoms with Crippen LogP contribution in [0, 0.1) is 0 Å². The van der Waals surface area contributed by atoms with Crippen molar-refractivity contribution in [1.29, 1.82) is 0 Å². The van der Waals surface area contributed by atoms with Gasteiger partial charge in [0.15, 0.2) is 0 Å². The Balaban J connectivity index is 2.71. The average Bonchev–Trinajstić information content (AvgIpc) is 2.02. The average molecular weight is 163 g/mol. The highest BCUT2D eigenvalue weighted by molar-refractivity contribution is 5.76. The highest BCUT2D eigenvalue weighted by atomic mass is 15.0. The lowest BCUT2D eigenvalue weighted by Gasteiger charge is -2.10. The Labute approximate surface area is 72.3 Å². The summed E-state index contributed by atoms with van der Waals surface area (Å²) in [6, 6.07) is 5.66. The van der Waals surface area contributed by atoms with Gasteiger partial charge in [-0.3, -0.25) is 9.98 Å². The summed E-state index contributed by atoms with van der Waals surface area (Å²) in [4.78, 5) is 8.19. The van der Waals surface area contributed by atoms with Crippen molar-refractivity contribution in [3.8, 4) is 0 Å². The van der Waals surface area contributed by atoms with E-state index in [0.29, 0.717) is 0 Å². The summed E-state index contributed by atoms with van der Waals surface area (Å²) in [5, 5.41) is 0. The Morgan fingerprint density at radius 3 is 2.75 bits per heavy atom. The first-order chi connectivity index (χ1) is 5.58. The maximum absolute atomic E-state index is 5.66. The van der Waals surface area contributed by atoms with Crippen molar-refractivity contribution >= 4 is 6.21 Å². The molecule has 0 saturated heterocycles. The molecule has 0 aliphatic rings. The van der Waals surface area contributed by atoms with Crippen LogP contribution in [0.2, 0.25) is 0 Å². The second kappa shape index (κ2) is 3.45. The second-order valence-corrected chi connectivity index (χ2v) is 3.17. The molecule has 1 heterocycles. The van der Waals surface area contributed by atoms with Crippen LogP contribution in [-0.4, -0.2) is 16.9 Å². The normalized spacial score (nSPS) is 12.2. The molecule has 64 valence electrons. The Kier molecular flexibility index (Phi) is 2.55. The molecule has 1 aromatic heterocycles. The van der Waals surface area contributed by atoms with E-state index in [4.69, 9.17) is 5.73 Å². The van der Waals surface area contributed by atoms with Gasteiger partial charge in [-0.25, -0.2) is 0 Å². The lowest BCUT2D eigenvalue weighted by molar-refractivity contribution is 0.553. The van der Waals surface area contributed by atoms with Gasteiger partial charge >= 0.3 is 0 Å². The van der Waals surface area contributed by atoms with E-state index in [1.54, 1.807) is 12.4 Å². The zero-order chi connectivity index (χ0) is 9.03. The summed E-state index contributed by atoms with van der Waals surface area (Å²) < 4.78 is 0. The Morgan fingerprint density at radius 2 is 2.25 bits per heavy atom. The van der Waals surface area contributed by atoms with Crippen LogP contribution in [0.15, 0.2) is 29.4 Å². The maximum atomic E-state index is 5.66. The van der Waals surface area contributed by atoms with Crippen LogP contribution in [0.5, 0.6) is 0 Å². The van der Waals surface area contributed by atoms with Crippen molar-refractivity contribution in [1.82, 2.24) is 4.98 Å². The van der Waals surface area contributed by atoms with E-state index in [1.807, 2.05) is 32.0 Å². The summed E-state index contributed by atoms with van der Waals surface area (Å²) >= 11 is 0. The van der Waals surface area contributed by atoms with Gasteiger partial charge in [-0.05, 0) is 26.0 Å². The van der Waals surface area contributed by atoms with Crippen molar-refractivity contribution in [2.75, 3.05) is 0 Å². The summed E-state index contributed by atoms with van der Waals surface area (Å²) in [6.45, 7) is 3.68. The topological polar surface area (TPSA) is 51.3 Å². The third kappa shape index (κ3) is 3.25. The minimum atomic E-state index is -0.516. The highest BCUT2D eigenvalue weighted by Gasteiger charge is 2.04. The minimum Gasteiger partial charge on any atom is -0.308 e. The highest BCUT2D eigenvalue weighted by Crippen LogP contribution is 1.98.